The SMILES string of the molecule is N#Cc1ccc(-c2ccc(F)cc2)nc1N1CCCC(Nc2ccc(C(=O)C(F)(F)F)c(N)n2)C1. The molecule has 180 valence electrons. The fourth-order valence-corrected chi connectivity index (χ4v) is 3.95. The molecule has 3 aromatic rings. The predicted octanol–water partition coefficient (Wildman–Crippen LogP) is 4.56. The summed E-state index contributed by atoms with van der Waals surface area (Å²) in [6, 6.07) is 13.5. The Labute approximate surface area is 198 Å². The molecule has 0 bridgehead atoms. The van der Waals surface area contributed by atoms with E-state index in [2.05, 4.69) is 21.4 Å². The molecule has 0 amide bonds. The number of nitriles is 1. The number of hydrogen-bond donors (Lipinski definition) is 2. The average Bonchev–Trinajstić information content (AvgIpc) is 2.83. The van der Waals surface area contributed by atoms with E-state index in [-0.39, 0.29) is 17.7 Å². The predicted molar refractivity (Wildman–Crippen MR) is 122 cm³/mol. The first-order valence-corrected chi connectivity index (χ1v) is 10.7. The van der Waals surface area contributed by atoms with E-state index in [4.69, 9.17) is 5.73 Å². The van der Waals surface area contributed by atoms with E-state index in [1.807, 2.05) is 4.90 Å². The van der Waals surface area contributed by atoms with Crippen LogP contribution in [0.5, 0.6) is 0 Å². The van der Waals surface area contributed by atoms with Crippen LogP contribution < -0.4 is 16.0 Å². The number of nitrogen functional groups attached to an aromatic ring is 1. The summed E-state index contributed by atoms with van der Waals surface area (Å²) in [7, 11) is 0. The summed E-state index contributed by atoms with van der Waals surface area (Å²) < 4.78 is 51.4. The number of alkyl halides is 3. The number of pyridine rings is 2. The summed E-state index contributed by atoms with van der Waals surface area (Å²) in [5.74, 6) is -2.20. The molecule has 4 rings (SSSR count). The number of nitrogens with zero attached hydrogens (tertiary/aromatic N) is 4. The maximum Gasteiger partial charge on any atom is 0.455 e. The molecule has 0 aliphatic carbocycles. The van der Waals surface area contributed by atoms with Crippen molar-refractivity contribution in [1.82, 2.24) is 9.97 Å². The Kier molecular flexibility index (Phi) is 6.55. The van der Waals surface area contributed by atoms with Crippen LogP contribution in [0.2, 0.25) is 0 Å². The van der Waals surface area contributed by atoms with Crippen LogP contribution in [0.1, 0.15) is 28.8 Å². The van der Waals surface area contributed by atoms with E-state index < -0.39 is 23.3 Å². The molecule has 3 N–H and O–H groups in total. The third-order valence-corrected chi connectivity index (χ3v) is 5.64. The van der Waals surface area contributed by atoms with Gasteiger partial charge >= 0.3 is 6.18 Å². The Balaban J connectivity index is 1.53. The van der Waals surface area contributed by atoms with Gasteiger partial charge in [0, 0.05) is 24.7 Å². The number of rotatable bonds is 5. The van der Waals surface area contributed by atoms with Gasteiger partial charge in [-0.15, -0.1) is 0 Å². The number of piperidine rings is 1. The lowest BCUT2D eigenvalue weighted by atomic mass is 10.0. The molecular weight excluding hydrogens is 464 g/mol. The van der Waals surface area contributed by atoms with Crippen molar-refractivity contribution in [2.24, 2.45) is 0 Å². The van der Waals surface area contributed by atoms with Crippen molar-refractivity contribution in [2.75, 3.05) is 29.0 Å². The molecule has 0 radical (unpaired) electrons. The van der Waals surface area contributed by atoms with Gasteiger partial charge < -0.3 is 16.0 Å². The van der Waals surface area contributed by atoms with E-state index >= 15 is 0 Å². The number of benzene rings is 1. The van der Waals surface area contributed by atoms with Crippen molar-refractivity contribution < 1.29 is 22.4 Å². The molecule has 1 aromatic carbocycles. The zero-order valence-corrected chi connectivity index (χ0v) is 18.3. The first-order valence-electron chi connectivity index (χ1n) is 10.7. The molecule has 1 fully saturated rings. The summed E-state index contributed by atoms with van der Waals surface area (Å²) in [4.78, 5) is 22.0. The number of aromatic nitrogens is 2. The number of nitrogens with two attached hydrogens (primary N) is 1. The van der Waals surface area contributed by atoms with Gasteiger partial charge in [-0.2, -0.15) is 18.4 Å². The molecule has 1 aliphatic rings. The Morgan fingerprint density at radius 1 is 1.11 bits per heavy atom. The Bertz CT molecular complexity index is 1290. The van der Waals surface area contributed by atoms with E-state index in [0.717, 1.165) is 18.9 Å². The number of carbonyl (C=O) groups excluding carboxylic acids is 1. The lowest BCUT2D eigenvalue weighted by molar-refractivity contribution is -0.0884. The molecule has 3 heterocycles. The topological polar surface area (TPSA) is 108 Å². The molecule has 1 saturated heterocycles. The minimum absolute atomic E-state index is 0.164. The summed E-state index contributed by atoms with van der Waals surface area (Å²) in [6.07, 6.45) is -3.55. The highest BCUT2D eigenvalue weighted by atomic mass is 19.4. The van der Waals surface area contributed by atoms with Gasteiger partial charge in [0.1, 0.15) is 29.3 Å². The lowest BCUT2D eigenvalue weighted by Gasteiger charge is -2.34. The highest BCUT2D eigenvalue weighted by Gasteiger charge is 2.40. The molecule has 1 atom stereocenters. The Morgan fingerprint density at radius 3 is 2.51 bits per heavy atom. The number of carbonyl (C=O) groups is 1. The second-order valence-corrected chi connectivity index (χ2v) is 8.07. The summed E-state index contributed by atoms with van der Waals surface area (Å²) in [6.45, 7) is 1.08. The first kappa shape index (κ1) is 23.9. The minimum Gasteiger partial charge on any atom is -0.383 e. The van der Waals surface area contributed by atoms with Gasteiger partial charge in [-0.05, 0) is 61.4 Å². The smallest absolute Gasteiger partial charge is 0.383 e. The van der Waals surface area contributed by atoms with Gasteiger partial charge in [0.25, 0.3) is 5.78 Å². The molecule has 1 unspecified atom stereocenters. The summed E-state index contributed by atoms with van der Waals surface area (Å²) in [5, 5.41) is 12.7. The number of anilines is 3. The Hall–Kier alpha value is -4.20. The van der Waals surface area contributed by atoms with Crippen molar-refractivity contribution >= 4 is 23.2 Å². The molecule has 7 nitrogen and oxygen atoms in total. The summed E-state index contributed by atoms with van der Waals surface area (Å²) >= 11 is 0. The zero-order valence-electron chi connectivity index (χ0n) is 18.3. The van der Waals surface area contributed by atoms with E-state index in [9.17, 15) is 27.6 Å². The fraction of sp³-hybridized carbons (Fsp3) is 0.250. The number of nitrogens with one attached hydrogen (secondary N) is 1. The van der Waals surface area contributed by atoms with Crippen molar-refractivity contribution in [3.8, 4) is 17.3 Å². The number of ketones is 1. The third-order valence-electron chi connectivity index (χ3n) is 5.64. The second-order valence-electron chi connectivity index (χ2n) is 8.07. The molecule has 0 spiro atoms. The quantitative estimate of drug-likeness (QED) is 0.404. The van der Waals surface area contributed by atoms with E-state index in [1.54, 1.807) is 24.3 Å². The highest BCUT2D eigenvalue weighted by Crippen LogP contribution is 2.28. The van der Waals surface area contributed by atoms with Crippen LogP contribution in [-0.4, -0.2) is 41.1 Å². The van der Waals surface area contributed by atoms with Crippen LogP contribution in [0.25, 0.3) is 11.3 Å². The van der Waals surface area contributed by atoms with Gasteiger partial charge in [0.2, 0.25) is 0 Å². The van der Waals surface area contributed by atoms with Gasteiger partial charge in [0.05, 0.1) is 16.8 Å². The van der Waals surface area contributed by atoms with Crippen LogP contribution >= 0.6 is 0 Å². The standard InChI is InChI=1S/C24H20F4N6O/c25-16-6-3-14(4-7-16)19-9-5-15(12-29)23(32-19)34-11-1-2-17(13-34)31-20-10-8-18(22(30)33-20)21(35)24(26,27)28/h3-10,17H,1-2,11,13H2,(H3,30,31,33). The zero-order chi connectivity index (χ0) is 25.2. The molecule has 2 aromatic heterocycles. The van der Waals surface area contributed by atoms with E-state index in [0.29, 0.717) is 35.7 Å². The monoisotopic (exact) mass is 484 g/mol. The highest BCUT2D eigenvalue weighted by molar-refractivity contribution is 6.03. The molecule has 1 aliphatic heterocycles. The van der Waals surface area contributed by atoms with Crippen LogP contribution in [0.4, 0.5) is 35.0 Å². The largest absolute Gasteiger partial charge is 0.455 e. The van der Waals surface area contributed by atoms with Crippen LogP contribution in [0, 0.1) is 17.1 Å². The van der Waals surface area contributed by atoms with Crippen molar-refractivity contribution in [3.05, 3.63) is 65.5 Å². The van der Waals surface area contributed by atoms with Gasteiger partial charge in [0.15, 0.2) is 0 Å². The maximum absolute atomic E-state index is 13.3. The van der Waals surface area contributed by atoms with Crippen LogP contribution in [0.3, 0.4) is 0 Å². The first-order chi connectivity index (χ1) is 16.7. The number of Topliss-reactive ketones (excluding diaryl/α,β-unsaturated/α-hetero) is 1. The second kappa shape index (κ2) is 9.58. The fourth-order valence-electron chi connectivity index (χ4n) is 3.95. The molecule has 0 saturated carbocycles. The molecular formula is C24H20F4N6O. The average molecular weight is 484 g/mol. The molecule has 11 heteroatoms. The normalized spacial score (nSPS) is 16.0. The van der Waals surface area contributed by atoms with Crippen molar-refractivity contribution in [1.29, 1.82) is 5.26 Å². The van der Waals surface area contributed by atoms with E-state index in [1.165, 1.54) is 18.2 Å². The minimum atomic E-state index is -5.04. The summed E-state index contributed by atoms with van der Waals surface area (Å²) in [5.41, 5.74) is 6.59. The van der Waals surface area contributed by atoms with Gasteiger partial charge in [-0.1, -0.05) is 0 Å². The van der Waals surface area contributed by atoms with Crippen LogP contribution in [-0.2, 0) is 0 Å². The third kappa shape index (κ3) is 5.32. The Morgan fingerprint density at radius 2 is 1.86 bits per heavy atom. The van der Waals surface area contributed by atoms with Gasteiger partial charge in [-0.25, -0.2) is 14.4 Å². The number of halogens is 4. The maximum atomic E-state index is 13.3. The van der Waals surface area contributed by atoms with Gasteiger partial charge in [-0.3, -0.25) is 4.79 Å². The van der Waals surface area contributed by atoms with Crippen LogP contribution in [0.15, 0.2) is 48.5 Å². The number of hydrogen-bond acceptors (Lipinski definition) is 7. The lowest BCUT2D eigenvalue weighted by Crippen LogP contribution is -2.43. The molecule has 35 heavy (non-hydrogen) atoms. The van der Waals surface area contributed by atoms with Crippen molar-refractivity contribution in [2.45, 2.75) is 25.1 Å². The van der Waals surface area contributed by atoms with Crippen molar-refractivity contribution in [3.63, 3.8) is 0 Å².